The van der Waals surface area contributed by atoms with E-state index < -0.39 is 10.0 Å². The Hall–Kier alpha value is -1.18. The van der Waals surface area contributed by atoms with Crippen LogP contribution >= 0.6 is 0 Å². The molecule has 0 spiro atoms. The van der Waals surface area contributed by atoms with Crippen molar-refractivity contribution < 1.29 is 8.42 Å². The van der Waals surface area contributed by atoms with Gasteiger partial charge in [0.1, 0.15) is 10.7 Å². The fourth-order valence-corrected chi connectivity index (χ4v) is 2.94. The quantitative estimate of drug-likeness (QED) is 0.478. The number of hydrogen-bond donors (Lipinski definition) is 3. The lowest BCUT2D eigenvalue weighted by atomic mass is 10.00. The number of hydrogen-bond acceptors (Lipinski definition) is 5. The van der Waals surface area contributed by atoms with Crippen molar-refractivity contribution in [2.24, 2.45) is 11.8 Å². The van der Waals surface area contributed by atoms with Crippen molar-refractivity contribution in [2.75, 3.05) is 12.0 Å². The fraction of sp³-hybridized carbons (Fsp3) is 0.615. The molecule has 0 aliphatic rings. The number of aromatic nitrogens is 1. The lowest BCUT2D eigenvalue weighted by Crippen LogP contribution is -2.29. The largest absolute Gasteiger partial charge is 0.308 e. The second-order valence-corrected chi connectivity index (χ2v) is 6.56. The van der Waals surface area contributed by atoms with Crippen LogP contribution in [0.4, 0.5) is 5.82 Å². The van der Waals surface area contributed by atoms with E-state index in [4.69, 9.17) is 5.84 Å². The average Bonchev–Trinajstić information content (AvgIpc) is 2.47. The van der Waals surface area contributed by atoms with Gasteiger partial charge in [0.25, 0.3) is 0 Å². The van der Waals surface area contributed by atoms with Crippen molar-refractivity contribution >= 4 is 15.8 Å². The summed E-state index contributed by atoms with van der Waals surface area (Å²) in [5, 5.41) is 0. The minimum atomic E-state index is -3.50. The molecule has 0 radical (unpaired) electrons. The molecule has 0 saturated heterocycles. The Morgan fingerprint density at radius 3 is 2.60 bits per heavy atom. The highest BCUT2D eigenvalue weighted by atomic mass is 32.2. The minimum Gasteiger partial charge on any atom is -0.308 e. The molecule has 0 fully saturated rings. The smallest absolute Gasteiger partial charge is 0.242 e. The normalized spacial score (nSPS) is 13.2. The van der Waals surface area contributed by atoms with E-state index in [0.717, 1.165) is 25.7 Å². The zero-order chi connectivity index (χ0) is 15.0. The van der Waals surface area contributed by atoms with Gasteiger partial charge in [-0.15, -0.1) is 0 Å². The number of rotatable bonds is 9. The van der Waals surface area contributed by atoms with Crippen LogP contribution in [0.5, 0.6) is 0 Å². The molecule has 1 atom stereocenters. The first-order chi connectivity index (χ1) is 9.53. The summed E-state index contributed by atoms with van der Waals surface area (Å²) in [7, 11) is -3.50. The first-order valence-electron chi connectivity index (χ1n) is 6.95. The number of pyridine rings is 1. The van der Waals surface area contributed by atoms with Gasteiger partial charge in [-0.25, -0.2) is 24.0 Å². The Kier molecular flexibility index (Phi) is 6.90. The number of sulfonamides is 1. The maximum absolute atomic E-state index is 12.1. The molecule has 0 saturated carbocycles. The maximum Gasteiger partial charge on any atom is 0.242 e. The van der Waals surface area contributed by atoms with Crippen molar-refractivity contribution in [3.8, 4) is 0 Å². The minimum absolute atomic E-state index is 0.154. The zero-order valence-corrected chi connectivity index (χ0v) is 12.9. The van der Waals surface area contributed by atoms with Gasteiger partial charge in [-0.1, -0.05) is 33.1 Å². The molecule has 0 aliphatic heterocycles. The summed E-state index contributed by atoms with van der Waals surface area (Å²) >= 11 is 0. The number of nitrogens with one attached hydrogen (secondary N) is 2. The summed E-state index contributed by atoms with van der Waals surface area (Å²) in [5.74, 6) is 6.00. The Labute approximate surface area is 121 Å². The van der Waals surface area contributed by atoms with Gasteiger partial charge >= 0.3 is 0 Å². The Bertz CT molecular complexity index is 488. The van der Waals surface area contributed by atoms with E-state index in [1.807, 2.05) is 0 Å². The molecule has 114 valence electrons. The summed E-state index contributed by atoms with van der Waals surface area (Å²) in [5.41, 5.74) is 2.36. The van der Waals surface area contributed by atoms with Crippen molar-refractivity contribution in [2.45, 2.75) is 44.4 Å². The van der Waals surface area contributed by atoms with Gasteiger partial charge in [0.2, 0.25) is 10.0 Å². The fourth-order valence-electron chi connectivity index (χ4n) is 1.88. The van der Waals surface area contributed by atoms with Crippen LogP contribution in [0, 0.1) is 5.92 Å². The van der Waals surface area contributed by atoms with Crippen molar-refractivity contribution in [3.05, 3.63) is 18.3 Å². The molecule has 4 N–H and O–H groups in total. The molecule has 0 amide bonds. The number of anilines is 1. The zero-order valence-electron chi connectivity index (χ0n) is 12.1. The highest BCUT2D eigenvalue weighted by Gasteiger charge is 2.16. The van der Waals surface area contributed by atoms with Gasteiger partial charge in [-0.2, -0.15) is 0 Å². The summed E-state index contributed by atoms with van der Waals surface area (Å²) in [6, 6.07) is 3.01. The van der Waals surface area contributed by atoms with Crippen LogP contribution in [0.25, 0.3) is 0 Å². The molecule has 0 aromatic carbocycles. The summed E-state index contributed by atoms with van der Waals surface area (Å²) in [6.07, 6.45) is 5.56. The van der Waals surface area contributed by atoms with Gasteiger partial charge in [0.15, 0.2) is 0 Å². The molecule has 20 heavy (non-hydrogen) atoms. The van der Waals surface area contributed by atoms with E-state index in [-0.39, 0.29) is 4.90 Å². The standard InChI is InChI=1S/C13H24N4O2S/c1-3-5-6-11(4-2)9-16-20(18,19)12-7-8-13(17-14)15-10-12/h7-8,10-11,16H,3-6,9,14H2,1-2H3,(H,15,17). The van der Waals surface area contributed by atoms with Gasteiger partial charge in [0.05, 0.1) is 0 Å². The van der Waals surface area contributed by atoms with E-state index in [1.165, 1.54) is 18.3 Å². The third kappa shape index (κ3) is 5.07. The Morgan fingerprint density at radius 1 is 1.35 bits per heavy atom. The van der Waals surface area contributed by atoms with E-state index in [1.54, 1.807) is 0 Å². The van der Waals surface area contributed by atoms with Gasteiger partial charge in [-0.3, -0.25) is 0 Å². The van der Waals surface area contributed by atoms with Crippen molar-refractivity contribution in [1.82, 2.24) is 9.71 Å². The average molecular weight is 300 g/mol. The number of nitrogen functional groups attached to an aromatic ring is 1. The molecular formula is C13H24N4O2S. The van der Waals surface area contributed by atoms with Gasteiger partial charge in [-0.05, 0) is 24.5 Å². The third-order valence-electron chi connectivity index (χ3n) is 3.30. The molecule has 6 nitrogen and oxygen atoms in total. The van der Waals surface area contributed by atoms with Crippen LogP contribution in [0.1, 0.15) is 39.5 Å². The van der Waals surface area contributed by atoms with E-state index >= 15 is 0 Å². The monoisotopic (exact) mass is 300 g/mol. The van der Waals surface area contributed by atoms with Crippen LogP contribution in [-0.2, 0) is 10.0 Å². The Balaban J connectivity index is 2.63. The molecule has 1 unspecified atom stereocenters. The highest BCUT2D eigenvalue weighted by molar-refractivity contribution is 7.89. The van der Waals surface area contributed by atoms with Crippen LogP contribution in [0.2, 0.25) is 0 Å². The van der Waals surface area contributed by atoms with Crippen LogP contribution in [-0.4, -0.2) is 19.9 Å². The van der Waals surface area contributed by atoms with Gasteiger partial charge in [0, 0.05) is 12.7 Å². The predicted molar refractivity (Wildman–Crippen MR) is 80.5 cm³/mol. The summed E-state index contributed by atoms with van der Waals surface area (Å²) in [6.45, 7) is 4.68. The van der Waals surface area contributed by atoms with E-state index in [2.05, 4.69) is 29.0 Å². The summed E-state index contributed by atoms with van der Waals surface area (Å²) in [4.78, 5) is 4.06. The highest BCUT2D eigenvalue weighted by Crippen LogP contribution is 2.14. The second-order valence-electron chi connectivity index (χ2n) is 4.79. The molecule has 7 heteroatoms. The topological polar surface area (TPSA) is 97.1 Å². The number of unbranched alkanes of at least 4 members (excludes halogenated alkanes) is 1. The molecule has 1 rings (SSSR count). The predicted octanol–water partition coefficient (Wildman–Crippen LogP) is 1.86. The maximum atomic E-state index is 12.1. The lowest BCUT2D eigenvalue weighted by molar-refractivity contribution is 0.443. The van der Waals surface area contributed by atoms with Crippen LogP contribution in [0.3, 0.4) is 0 Å². The number of nitrogens with two attached hydrogens (primary N) is 1. The SMILES string of the molecule is CCCCC(CC)CNS(=O)(=O)c1ccc(NN)nc1. The van der Waals surface area contributed by atoms with Gasteiger partial charge < -0.3 is 5.43 Å². The molecular weight excluding hydrogens is 276 g/mol. The van der Waals surface area contributed by atoms with Crippen LogP contribution in [0.15, 0.2) is 23.2 Å². The Morgan fingerprint density at radius 2 is 2.10 bits per heavy atom. The molecule has 0 aliphatic carbocycles. The lowest BCUT2D eigenvalue weighted by Gasteiger charge is -2.15. The van der Waals surface area contributed by atoms with Crippen molar-refractivity contribution in [1.29, 1.82) is 0 Å². The number of nitrogens with zero attached hydrogens (tertiary/aromatic N) is 1. The molecule has 1 aromatic rings. The second kappa shape index (κ2) is 8.18. The summed E-state index contributed by atoms with van der Waals surface area (Å²) < 4.78 is 26.9. The third-order valence-corrected chi connectivity index (χ3v) is 4.71. The first-order valence-corrected chi connectivity index (χ1v) is 8.44. The van der Waals surface area contributed by atoms with Crippen molar-refractivity contribution in [3.63, 3.8) is 0 Å². The van der Waals surface area contributed by atoms with E-state index in [9.17, 15) is 8.42 Å². The molecule has 0 bridgehead atoms. The molecule has 1 heterocycles. The first kappa shape index (κ1) is 16.9. The number of hydrazine groups is 1. The molecule has 1 aromatic heterocycles. The van der Waals surface area contributed by atoms with Crippen LogP contribution < -0.4 is 16.0 Å². The van der Waals surface area contributed by atoms with E-state index in [0.29, 0.717) is 18.3 Å².